The van der Waals surface area contributed by atoms with Crippen molar-refractivity contribution in [2.75, 3.05) is 0 Å². The Bertz CT molecular complexity index is 935. The number of halogens is 1. The van der Waals surface area contributed by atoms with E-state index in [9.17, 15) is 4.79 Å². The van der Waals surface area contributed by atoms with E-state index < -0.39 is 0 Å². The first-order valence-corrected chi connectivity index (χ1v) is 9.97. The molecule has 0 saturated carbocycles. The number of carbonyl (C=O) groups is 1. The number of aldehydes is 1. The molecule has 0 radical (unpaired) electrons. The van der Waals surface area contributed by atoms with E-state index >= 15 is 0 Å². The molecule has 0 N–H and O–H groups in total. The summed E-state index contributed by atoms with van der Waals surface area (Å²) >= 11 is 3.68. The molecule has 0 aliphatic rings. The highest BCUT2D eigenvalue weighted by atomic mass is 79.9. The highest BCUT2D eigenvalue weighted by molar-refractivity contribution is 9.10. The summed E-state index contributed by atoms with van der Waals surface area (Å²) < 4.78 is 0.983. The Labute approximate surface area is 170 Å². The molecule has 0 saturated heterocycles. The molecule has 0 unspecified atom stereocenters. The maximum atomic E-state index is 12.3. The number of aryl methyl sites for hydroxylation is 6. The van der Waals surface area contributed by atoms with Gasteiger partial charge in [-0.2, -0.15) is 0 Å². The second-order valence-corrected chi connectivity index (χ2v) is 8.50. The van der Waals surface area contributed by atoms with E-state index in [-0.39, 0.29) is 0 Å². The van der Waals surface area contributed by atoms with Crippen LogP contribution in [0, 0.1) is 41.5 Å². The third kappa shape index (κ3) is 3.64. The van der Waals surface area contributed by atoms with Crippen molar-refractivity contribution in [3.05, 3.63) is 79.8 Å². The van der Waals surface area contributed by atoms with Crippen LogP contribution in [-0.2, 0) is 0 Å². The van der Waals surface area contributed by atoms with Crippen LogP contribution in [0.15, 0.2) is 40.9 Å². The van der Waals surface area contributed by atoms with Gasteiger partial charge in [0.05, 0.1) is 0 Å². The summed E-state index contributed by atoms with van der Waals surface area (Å²) in [6.45, 7) is 12.7. The highest BCUT2D eigenvalue weighted by Crippen LogP contribution is 2.40. The summed E-state index contributed by atoms with van der Waals surface area (Å²) in [5.74, 6) is 0. The summed E-state index contributed by atoms with van der Waals surface area (Å²) in [5.41, 5.74) is 12.3. The molecule has 3 rings (SSSR count). The Morgan fingerprint density at radius 1 is 0.630 bits per heavy atom. The van der Waals surface area contributed by atoms with Gasteiger partial charge in [0.2, 0.25) is 0 Å². The quantitative estimate of drug-likeness (QED) is 0.402. The first-order valence-electron chi connectivity index (χ1n) is 9.18. The van der Waals surface area contributed by atoms with Crippen molar-refractivity contribution in [2.45, 2.75) is 41.5 Å². The largest absolute Gasteiger partial charge is 0.298 e. The van der Waals surface area contributed by atoms with Crippen molar-refractivity contribution < 1.29 is 4.79 Å². The number of hydrogen-bond donors (Lipinski definition) is 0. The molecular weight excluding hydrogens is 396 g/mol. The Morgan fingerprint density at radius 3 is 1.26 bits per heavy atom. The molecule has 0 aliphatic carbocycles. The molecule has 0 amide bonds. The molecule has 0 spiro atoms. The zero-order chi connectivity index (χ0) is 19.9. The average molecular weight is 421 g/mol. The Hall–Kier alpha value is -2.19. The summed E-state index contributed by atoms with van der Waals surface area (Å²) in [7, 11) is 0. The van der Waals surface area contributed by atoms with Crippen LogP contribution in [0.3, 0.4) is 0 Å². The molecule has 2 heteroatoms. The second kappa shape index (κ2) is 7.44. The maximum absolute atomic E-state index is 12.3. The summed E-state index contributed by atoms with van der Waals surface area (Å²) in [5, 5.41) is 0. The molecule has 0 fully saturated rings. The molecule has 0 heterocycles. The normalized spacial score (nSPS) is 10.9. The fraction of sp³-hybridized carbons (Fsp3) is 0.240. The molecule has 1 nitrogen and oxygen atoms in total. The van der Waals surface area contributed by atoms with E-state index in [1.165, 1.54) is 33.4 Å². The third-order valence-electron chi connectivity index (χ3n) is 5.16. The number of benzene rings is 3. The molecule has 0 atom stereocenters. The van der Waals surface area contributed by atoms with Gasteiger partial charge in [-0.3, -0.25) is 4.79 Å². The Kier molecular flexibility index (Phi) is 5.39. The second-order valence-electron chi connectivity index (χ2n) is 7.58. The van der Waals surface area contributed by atoms with Crippen LogP contribution in [0.5, 0.6) is 0 Å². The van der Waals surface area contributed by atoms with Crippen molar-refractivity contribution in [2.24, 2.45) is 0 Å². The third-order valence-corrected chi connectivity index (χ3v) is 5.61. The lowest BCUT2D eigenvalue weighted by Crippen LogP contribution is -2.00. The van der Waals surface area contributed by atoms with Crippen molar-refractivity contribution >= 4 is 22.2 Å². The van der Waals surface area contributed by atoms with Gasteiger partial charge in [0.15, 0.2) is 6.29 Å². The molecule has 3 aromatic carbocycles. The van der Waals surface area contributed by atoms with Gasteiger partial charge in [-0.15, -0.1) is 0 Å². The van der Waals surface area contributed by atoms with E-state index in [4.69, 9.17) is 0 Å². The molecule has 0 aromatic heterocycles. The minimum absolute atomic E-state index is 0.753. The van der Waals surface area contributed by atoms with E-state index in [0.29, 0.717) is 0 Å². The van der Waals surface area contributed by atoms with Crippen LogP contribution in [0.4, 0.5) is 0 Å². The van der Waals surface area contributed by atoms with Crippen LogP contribution >= 0.6 is 15.9 Å². The van der Waals surface area contributed by atoms with Crippen molar-refractivity contribution in [3.63, 3.8) is 0 Å². The first-order chi connectivity index (χ1) is 12.7. The lowest BCUT2D eigenvalue weighted by atomic mass is 9.85. The molecule has 3 aromatic rings. The van der Waals surface area contributed by atoms with Gasteiger partial charge in [-0.25, -0.2) is 0 Å². The van der Waals surface area contributed by atoms with Gasteiger partial charge in [0.1, 0.15) is 0 Å². The fourth-order valence-electron chi connectivity index (χ4n) is 4.37. The maximum Gasteiger partial charge on any atom is 0.151 e. The van der Waals surface area contributed by atoms with Gasteiger partial charge in [-0.05, 0) is 98.2 Å². The van der Waals surface area contributed by atoms with Gasteiger partial charge in [0.25, 0.3) is 0 Å². The number of carbonyl (C=O) groups excluding carboxylic acids is 1. The minimum atomic E-state index is 0.753. The fourth-order valence-corrected chi connectivity index (χ4v) is 4.83. The first kappa shape index (κ1) is 19.6. The number of hydrogen-bond acceptors (Lipinski definition) is 1. The predicted molar refractivity (Wildman–Crippen MR) is 119 cm³/mol. The van der Waals surface area contributed by atoms with E-state index in [0.717, 1.165) is 38.6 Å². The van der Waals surface area contributed by atoms with E-state index in [2.05, 4.69) is 93.9 Å². The van der Waals surface area contributed by atoms with Gasteiger partial charge in [-0.1, -0.05) is 51.3 Å². The monoisotopic (exact) mass is 420 g/mol. The summed E-state index contributed by atoms with van der Waals surface area (Å²) in [6.07, 6.45) is 1.01. The zero-order valence-corrected chi connectivity index (χ0v) is 18.4. The van der Waals surface area contributed by atoms with Crippen LogP contribution in [0.25, 0.3) is 22.3 Å². The van der Waals surface area contributed by atoms with Crippen LogP contribution in [0.1, 0.15) is 43.7 Å². The standard InChI is InChI=1S/C25H25BrO/c1-14-7-16(3)24(17(4)8-14)21-11-20(26)12-22(23(21)13-27)25-18(5)9-15(2)10-19(25)6/h7-13H,1-6H3. The van der Waals surface area contributed by atoms with Gasteiger partial charge < -0.3 is 0 Å². The van der Waals surface area contributed by atoms with E-state index in [1.54, 1.807) is 0 Å². The van der Waals surface area contributed by atoms with Crippen LogP contribution in [-0.4, -0.2) is 6.29 Å². The topological polar surface area (TPSA) is 17.1 Å². The Balaban J connectivity index is 2.41. The highest BCUT2D eigenvalue weighted by Gasteiger charge is 2.18. The zero-order valence-electron chi connectivity index (χ0n) is 16.8. The van der Waals surface area contributed by atoms with E-state index in [1.807, 2.05) is 0 Å². The van der Waals surface area contributed by atoms with Crippen LogP contribution in [0.2, 0.25) is 0 Å². The predicted octanol–water partition coefficient (Wildman–Crippen LogP) is 7.45. The molecule has 27 heavy (non-hydrogen) atoms. The number of rotatable bonds is 3. The SMILES string of the molecule is Cc1cc(C)c(-c2cc(Br)cc(-c3c(C)cc(C)cc3C)c2C=O)c(C)c1. The van der Waals surface area contributed by atoms with Gasteiger partial charge in [0, 0.05) is 10.0 Å². The van der Waals surface area contributed by atoms with Gasteiger partial charge >= 0.3 is 0 Å². The van der Waals surface area contributed by atoms with Crippen molar-refractivity contribution in [1.82, 2.24) is 0 Å². The minimum Gasteiger partial charge on any atom is -0.298 e. The van der Waals surface area contributed by atoms with Crippen LogP contribution < -0.4 is 0 Å². The lowest BCUT2D eigenvalue weighted by molar-refractivity contribution is 0.112. The molecule has 0 aliphatic heterocycles. The Morgan fingerprint density at radius 2 is 0.963 bits per heavy atom. The average Bonchev–Trinajstić information content (AvgIpc) is 2.52. The smallest absolute Gasteiger partial charge is 0.151 e. The van der Waals surface area contributed by atoms with Crippen molar-refractivity contribution in [1.29, 1.82) is 0 Å². The summed E-state index contributed by atoms with van der Waals surface area (Å²) in [4.78, 5) is 12.3. The summed E-state index contributed by atoms with van der Waals surface area (Å²) in [6, 6.07) is 12.9. The molecular formula is C25H25BrO. The van der Waals surface area contributed by atoms with Crippen molar-refractivity contribution in [3.8, 4) is 22.3 Å². The molecule has 0 bridgehead atoms. The molecule has 138 valence electrons. The lowest BCUT2D eigenvalue weighted by Gasteiger charge is -2.19.